The van der Waals surface area contributed by atoms with Gasteiger partial charge in [-0.3, -0.25) is 24.5 Å². The zero-order chi connectivity index (χ0) is 22.7. The summed E-state index contributed by atoms with van der Waals surface area (Å²) in [6.45, 7) is 1.42. The van der Waals surface area contributed by atoms with Crippen LogP contribution in [0.2, 0.25) is 0 Å². The number of nitrogens with zero attached hydrogens (tertiary/aromatic N) is 3. The molecule has 0 aliphatic carbocycles. The third kappa shape index (κ3) is 2.60. The summed E-state index contributed by atoms with van der Waals surface area (Å²) < 4.78 is 5.28. The fourth-order valence-electron chi connectivity index (χ4n) is 5.18. The largest absolute Gasteiger partial charge is 0.495 e. The van der Waals surface area contributed by atoms with Gasteiger partial charge < -0.3 is 9.64 Å². The van der Waals surface area contributed by atoms with Crippen LogP contribution < -0.4 is 14.5 Å². The maximum Gasteiger partial charge on any atom is 0.271 e. The minimum Gasteiger partial charge on any atom is -0.495 e. The molecule has 0 saturated carbocycles. The van der Waals surface area contributed by atoms with E-state index in [2.05, 4.69) is 0 Å². The van der Waals surface area contributed by atoms with E-state index in [0.29, 0.717) is 0 Å². The molecule has 0 aromatic heterocycles. The third-order valence-corrected chi connectivity index (χ3v) is 6.45. The van der Waals surface area contributed by atoms with Crippen molar-refractivity contribution in [2.45, 2.75) is 19.0 Å². The van der Waals surface area contributed by atoms with Crippen molar-refractivity contribution in [2.75, 3.05) is 16.9 Å². The maximum absolute atomic E-state index is 13.6. The van der Waals surface area contributed by atoms with Gasteiger partial charge in [-0.1, -0.05) is 30.4 Å². The molecule has 9 heteroatoms. The van der Waals surface area contributed by atoms with Gasteiger partial charge in [0.15, 0.2) is 5.78 Å². The molecule has 2 aromatic rings. The molecular formula is C23H19N3O6. The molecule has 2 fully saturated rings. The molecule has 0 spiro atoms. The average Bonchev–Trinajstić information content (AvgIpc) is 3.26. The summed E-state index contributed by atoms with van der Waals surface area (Å²) in [5.41, 5.74) is 1.46. The Bertz CT molecular complexity index is 1220. The van der Waals surface area contributed by atoms with Crippen molar-refractivity contribution in [2.24, 2.45) is 11.8 Å². The lowest BCUT2D eigenvalue weighted by molar-refractivity contribution is -0.384. The fraction of sp³-hybridized carbons (Fsp3) is 0.261. The number of methoxy groups -OCH3 is 1. The zero-order valence-electron chi connectivity index (χ0n) is 17.3. The molecule has 0 radical (unpaired) electrons. The lowest BCUT2D eigenvalue weighted by Crippen LogP contribution is -2.48. The number of non-ortho nitro benzene ring substituents is 1. The molecule has 162 valence electrons. The highest BCUT2D eigenvalue weighted by atomic mass is 16.6. The Balaban J connectivity index is 1.64. The predicted octanol–water partition coefficient (Wildman–Crippen LogP) is 2.58. The van der Waals surface area contributed by atoms with Crippen molar-refractivity contribution in [3.63, 3.8) is 0 Å². The molecule has 2 amide bonds. The first-order chi connectivity index (χ1) is 15.3. The molecule has 0 bridgehead atoms. The number of imide groups is 1. The SMILES string of the molecule is COc1ccc([N+](=O)[O-])cc1N1C(=O)[C@@H]2[C@H](C1=O)[C@@H](C(C)=O)N1c3ccccc3C=C[C@@H]21. The normalized spacial score (nSPS) is 25.4. The van der Waals surface area contributed by atoms with Crippen LogP contribution in [0.15, 0.2) is 48.5 Å². The number of benzene rings is 2. The minimum absolute atomic E-state index is 0.0140. The second-order valence-corrected chi connectivity index (χ2v) is 8.05. The van der Waals surface area contributed by atoms with Crippen LogP contribution in [0.4, 0.5) is 17.1 Å². The van der Waals surface area contributed by atoms with Crippen LogP contribution in [-0.4, -0.2) is 41.7 Å². The summed E-state index contributed by atoms with van der Waals surface area (Å²) in [4.78, 5) is 53.4. The number of hydrogen-bond donors (Lipinski definition) is 0. The van der Waals surface area contributed by atoms with E-state index in [4.69, 9.17) is 4.74 Å². The van der Waals surface area contributed by atoms with Crippen LogP contribution >= 0.6 is 0 Å². The van der Waals surface area contributed by atoms with E-state index >= 15 is 0 Å². The highest BCUT2D eigenvalue weighted by Gasteiger charge is 2.64. The summed E-state index contributed by atoms with van der Waals surface area (Å²) in [5.74, 6) is -2.80. The smallest absolute Gasteiger partial charge is 0.271 e. The average molecular weight is 433 g/mol. The maximum atomic E-state index is 13.6. The molecule has 4 atom stereocenters. The quantitative estimate of drug-likeness (QED) is 0.414. The predicted molar refractivity (Wildman–Crippen MR) is 115 cm³/mol. The van der Waals surface area contributed by atoms with Gasteiger partial charge in [0, 0.05) is 17.8 Å². The molecule has 0 N–H and O–H groups in total. The summed E-state index contributed by atoms with van der Waals surface area (Å²) in [7, 11) is 1.36. The highest BCUT2D eigenvalue weighted by molar-refractivity contribution is 6.25. The second kappa shape index (κ2) is 7.01. The van der Waals surface area contributed by atoms with E-state index in [0.717, 1.165) is 22.2 Å². The Morgan fingerprint density at radius 1 is 1.06 bits per heavy atom. The Kier molecular flexibility index (Phi) is 4.37. The van der Waals surface area contributed by atoms with Gasteiger partial charge in [-0.25, -0.2) is 4.90 Å². The Hall–Kier alpha value is -4.01. The first kappa shape index (κ1) is 19.9. The third-order valence-electron chi connectivity index (χ3n) is 6.45. The summed E-state index contributed by atoms with van der Waals surface area (Å²) in [5, 5.41) is 11.3. The van der Waals surface area contributed by atoms with E-state index in [1.807, 2.05) is 41.3 Å². The lowest BCUT2D eigenvalue weighted by Gasteiger charge is -2.36. The van der Waals surface area contributed by atoms with Gasteiger partial charge in [0.05, 0.1) is 29.9 Å². The van der Waals surface area contributed by atoms with Crippen molar-refractivity contribution in [1.29, 1.82) is 0 Å². The molecule has 3 aliphatic heterocycles. The minimum atomic E-state index is -0.898. The van der Waals surface area contributed by atoms with E-state index < -0.39 is 40.7 Å². The molecule has 2 aromatic carbocycles. The summed E-state index contributed by atoms with van der Waals surface area (Å²) in [6.07, 6.45) is 3.74. The molecule has 5 rings (SSSR count). The number of ketones is 1. The number of anilines is 2. The van der Waals surface area contributed by atoms with Gasteiger partial charge in [0.2, 0.25) is 11.8 Å². The second-order valence-electron chi connectivity index (χ2n) is 8.05. The van der Waals surface area contributed by atoms with E-state index in [1.165, 1.54) is 26.2 Å². The number of nitro groups is 1. The van der Waals surface area contributed by atoms with Gasteiger partial charge in [-0.2, -0.15) is 0 Å². The van der Waals surface area contributed by atoms with Crippen molar-refractivity contribution in [1.82, 2.24) is 0 Å². The summed E-state index contributed by atoms with van der Waals surface area (Å²) in [6, 6.07) is 9.98. The van der Waals surface area contributed by atoms with Crippen LogP contribution in [0.5, 0.6) is 5.75 Å². The molecule has 32 heavy (non-hydrogen) atoms. The van der Waals surface area contributed by atoms with Gasteiger partial charge >= 0.3 is 0 Å². The van der Waals surface area contributed by atoms with E-state index in [-0.39, 0.29) is 22.9 Å². The number of hydrogen-bond acceptors (Lipinski definition) is 7. The van der Waals surface area contributed by atoms with Crippen LogP contribution in [0.1, 0.15) is 12.5 Å². The van der Waals surface area contributed by atoms with Crippen LogP contribution in [-0.2, 0) is 14.4 Å². The van der Waals surface area contributed by atoms with E-state index in [1.54, 1.807) is 0 Å². The Morgan fingerprint density at radius 2 is 1.78 bits per heavy atom. The Labute approximate surface area is 183 Å². The molecule has 2 saturated heterocycles. The van der Waals surface area contributed by atoms with E-state index in [9.17, 15) is 24.5 Å². The number of carbonyl (C=O) groups is 3. The fourth-order valence-corrected chi connectivity index (χ4v) is 5.18. The van der Waals surface area contributed by atoms with Crippen molar-refractivity contribution in [3.05, 3.63) is 64.2 Å². The topological polar surface area (TPSA) is 110 Å². The first-order valence-electron chi connectivity index (χ1n) is 10.1. The van der Waals surface area contributed by atoms with Crippen LogP contribution in [0.3, 0.4) is 0 Å². The number of para-hydroxylation sites is 1. The lowest BCUT2D eigenvalue weighted by atomic mass is 9.88. The standard InChI is InChI=1S/C23H19N3O6/c1-12(27)21-20-19(16-9-7-13-5-3-4-6-15(13)24(16)21)22(28)25(23(20)29)17-11-14(26(30)31)8-10-18(17)32-2/h3-11,16,19-21H,1-2H3/t16-,19-,20-,21+/m0/s1. The first-order valence-corrected chi connectivity index (χ1v) is 10.1. The van der Waals surface area contributed by atoms with Crippen molar-refractivity contribution < 1.29 is 24.0 Å². The van der Waals surface area contributed by atoms with Crippen LogP contribution in [0, 0.1) is 22.0 Å². The highest BCUT2D eigenvalue weighted by Crippen LogP contribution is 2.50. The van der Waals surface area contributed by atoms with Gasteiger partial charge in [0.25, 0.3) is 5.69 Å². The monoisotopic (exact) mass is 433 g/mol. The number of nitro benzene ring substituents is 1. The zero-order valence-corrected chi connectivity index (χ0v) is 17.3. The van der Waals surface area contributed by atoms with Gasteiger partial charge in [0.1, 0.15) is 17.5 Å². The Morgan fingerprint density at radius 3 is 2.47 bits per heavy atom. The number of carbonyl (C=O) groups excluding carboxylic acids is 3. The van der Waals surface area contributed by atoms with Gasteiger partial charge in [-0.05, 0) is 24.6 Å². The molecule has 0 unspecified atom stereocenters. The number of ether oxygens (including phenoxy) is 1. The molecule has 9 nitrogen and oxygen atoms in total. The number of Topliss-reactive ketones (excluding diaryl/α,β-unsaturated/α-hetero) is 1. The molecule has 3 aliphatic rings. The number of rotatable bonds is 4. The van der Waals surface area contributed by atoms with Crippen molar-refractivity contribution >= 4 is 40.7 Å². The molecule has 3 heterocycles. The van der Waals surface area contributed by atoms with Crippen LogP contribution in [0.25, 0.3) is 6.08 Å². The summed E-state index contributed by atoms with van der Waals surface area (Å²) >= 11 is 0. The molecular weight excluding hydrogens is 414 g/mol. The number of amides is 2. The van der Waals surface area contributed by atoms with Crippen molar-refractivity contribution in [3.8, 4) is 5.75 Å². The van der Waals surface area contributed by atoms with Gasteiger partial charge in [-0.15, -0.1) is 0 Å². The number of fused-ring (bicyclic) bond motifs is 5.